The van der Waals surface area contributed by atoms with Crippen LogP contribution in [-0.2, 0) is 14.3 Å². The molecular formula is C20H17FN2O4S. The van der Waals surface area contributed by atoms with Gasteiger partial charge in [-0.2, -0.15) is 0 Å². The molecule has 6 nitrogen and oxygen atoms in total. The molecule has 0 aromatic heterocycles. The van der Waals surface area contributed by atoms with Crippen LogP contribution in [0.4, 0.5) is 4.39 Å². The van der Waals surface area contributed by atoms with E-state index in [1.165, 1.54) is 18.2 Å². The smallest absolute Gasteiger partial charge is 0.379 e. The highest BCUT2D eigenvalue weighted by Gasteiger charge is 2.35. The van der Waals surface area contributed by atoms with E-state index in [9.17, 15) is 14.0 Å². The van der Waals surface area contributed by atoms with Crippen molar-refractivity contribution in [1.29, 1.82) is 0 Å². The van der Waals surface area contributed by atoms with Crippen LogP contribution >= 0.6 is 12.2 Å². The second-order valence-electron chi connectivity index (χ2n) is 5.92. The normalized spacial score (nSPS) is 16.1. The van der Waals surface area contributed by atoms with E-state index in [1.807, 2.05) is 0 Å². The lowest BCUT2D eigenvalue weighted by Crippen LogP contribution is -2.46. The van der Waals surface area contributed by atoms with E-state index in [4.69, 9.17) is 17.0 Å². The molecule has 1 atom stereocenters. The summed E-state index contributed by atoms with van der Waals surface area (Å²) in [5, 5.41) is 6.10. The number of hydrogen-bond donors (Lipinski definition) is 2. The van der Waals surface area contributed by atoms with E-state index in [-0.39, 0.29) is 10.7 Å². The third-order valence-electron chi connectivity index (χ3n) is 4.25. The first kappa shape index (κ1) is 19.5. The van der Waals surface area contributed by atoms with Gasteiger partial charge in [0, 0.05) is 0 Å². The van der Waals surface area contributed by atoms with Crippen LogP contribution in [0.15, 0.2) is 54.1 Å². The summed E-state index contributed by atoms with van der Waals surface area (Å²) >= 11 is 5.27. The molecule has 2 N–H and O–H groups in total. The second kappa shape index (κ2) is 8.18. The fourth-order valence-electron chi connectivity index (χ4n) is 2.93. The predicted molar refractivity (Wildman–Crippen MR) is 105 cm³/mol. The zero-order chi connectivity index (χ0) is 20.3. The summed E-state index contributed by atoms with van der Waals surface area (Å²) in [7, 11) is 2.66. The summed E-state index contributed by atoms with van der Waals surface area (Å²) in [6, 6.07) is 11.8. The Morgan fingerprint density at radius 1 is 1.11 bits per heavy atom. The Morgan fingerprint density at radius 3 is 2.43 bits per heavy atom. The standard InChI is InChI=1S/C20H17FN2O4S/c1-26-14-8-6-11(7-9-14)16-15(18(24)19(25)27-2)17(23-20(28)22-16)12-4-3-5-13(21)10-12/h3-10,17H,1-2H3,(H2,22,23,28)/t17-/m1/s1. The van der Waals surface area contributed by atoms with E-state index < -0.39 is 23.6 Å². The van der Waals surface area contributed by atoms with Gasteiger partial charge in [-0.25, -0.2) is 9.18 Å². The number of benzene rings is 2. The zero-order valence-corrected chi connectivity index (χ0v) is 15.9. The van der Waals surface area contributed by atoms with Crippen molar-refractivity contribution in [2.75, 3.05) is 14.2 Å². The minimum Gasteiger partial charge on any atom is -0.497 e. The molecule has 28 heavy (non-hydrogen) atoms. The molecule has 0 spiro atoms. The fraction of sp³-hybridized carbons (Fsp3) is 0.150. The third-order valence-corrected chi connectivity index (χ3v) is 4.47. The number of carbonyl (C=O) groups is 2. The maximum Gasteiger partial charge on any atom is 0.379 e. The molecule has 144 valence electrons. The molecular weight excluding hydrogens is 383 g/mol. The lowest BCUT2D eigenvalue weighted by atomic mass is 9.90. The molecule has 0 saturated carbocycles. The molecule has 2 aromatic carbocycles. The van der Waals surface area contributed by atoms with Crippen LogP contribution in [0, 0.1) is 5.82 Å². The van der Waals surface area contributed by atoms with E-state index in [0.29, 0.717) is 22.6 Å². The van der Waals surface area contributed by atoms with Crippen LogP contribution in [0.3, 0.4) is 0 Å². The molecule has 1 aliphatic heterocycles. The number of halogens is 1. The molecule has 0 radical (unpaired) electrons. The van der Waals surface area contributed by atoms with Crippen LogP contribution in [0.25, 0.3) is 5.70 Å². The van der Waals surface area contributed by atoms with Crippen LogP contribution in [0.2, 0.25) is 0 Å². The number of hydrogen-bond acceptors (Lipinski definition) is 5. The first-order valence-corrected chi connectivity index (χ1v) is 8.69. The molecule has 0 saturated heterocycles. The number of esters is 1. The van der Waals surface area contributed by atoms with E-state index >= 15 is 0 Å². The Morgan fingerprint density at radius 2 is 1.82 bits per heavy atom. The van der Waals surface area contributed by atoms with Gasteiger partial charge in [0.15, 0.2) is 5.11 Å². The van der Waals surface area contributed by atoms with E-state index in [1.54, 1.807) is 37.4 Å². The predicted octanol–water partition coefficient (Wildman–Crippen LogP) is 2.51. The van der Waals surface area contributed by atoms with E-state index in [0.717, 1.165) is 7.11 Å². The third kappa shape index (κ3) is 3.86. The van der Waals surface area contributed by atoms with Crippen molar-refractivity contribution in [2.24, 2.45) is 0 Å². The van der Waals surface area contributed by atoms with Gasteiger partial charge in [0.1, 0.15) is 11.6 Å². The minimum absolute atomic E-state index is 0.0798. The summed E-state index contributed by atoms with van der Waals surface area (Å²) in [6.45, 7) is 0. The van der Waals surface area contributed by atoms with Crippen molar-refractivity contribution in [2.45, 2.75) is 6.04 Å². The highest BCUT2D eigenvalue weighted by atomic mass is 32.1. The Bertz CT molecular complexity index is 972. The summed E-state index contributed by atoms with van der Waals surface area (Å²) in [5.74, 6) is -1.73. The Kier molecular flexibility index (Phi) is 5.70. The fourth-order valence-corrected chi connectivity index (χ4v) is 3.15. The minimum atomic E-state index is -1.03. The number of carbonyl (C=O) groups excluding carboxylic acids is 2. The van der Waals surface area contributed by atoms with Crippen molar-refractivity contribution in [1.82, 2.24) is 10.6 Å². The SMILES string of the molecule is COC(=O)C(=O)C1=C(c2ccc(OC)cc2)NC(=S)N[C@@H]1c1cccc(F)c1. The Hall–Kier alpha value is -3.26. The summed E-state index contributed by atoms with van der Waals surface area (Å²) in [6.07, 6.45) is 0. The van der Waals surface area contributed by atoms with E-state index in [2.05, 4.69) is 15.4 Å². The number of ketones is 1. The first-order chi connectivity index (χ1) is 13.4. The molecule has 1 heterocycles. The maximum atomic E-state index is 13.8. The monoisotopic (exact) mass is 400 g/mol. The van der Waals surface area contributed by atoms with Gasteiger partial charge < -0.3 is 20.1 Å². The van der Waals surface area contributed by atoms with Gasteiger partial charge in [-0.3, -0.25) is 4.79 Å². The van der Waals surface area contributed by atoms with Crippen LogP contribution in [-0.4, -0.2) is 31.1 Å². The van der Waals surface area contributed by atoms with Gasteiger partial charge in [-0.15, -0.1) is 0 Å². The highest BCUT2D eigenvalue weighted by Crippen LogP contribution is 2.32. The van der Waals surface area contributed by atoms with Crippen molar-refractivity contribution in [3.8, 4) is 5.75 Å². The molecule has 0 bridgehead atoms. The van der Waals surface area contributed by atoms with Gasteiger partial charge in [-0.05, 0) is 59.7 Å². The zero-order valence-electron chi connectivity index (χ0n) is 15.1. The largest absolute Gasteiger partial charge is 0.497 e. The van der Waals surface area contributed by atoms with Gasteiger partial charge in [0.25, 0.3) is 5.78 Å². The Labute approximate surface area is 166 Å². The molecule has 0 unspecified atom stereocenters. The molecule has 0 fully saturated rings. The summed E-state index contributed by atoms with van der Waals surface area (Å²) < 4.78 is 23.6. The highest BCUT2D eigenvalue weighted by molar-refractivity contribution is 7.80. The molecule has 8 heteroatoms. The Balaban J connectivity index is 2.21. The lowest BCUT2D eigenvalue weighted by Gasteiger charge is -2.31. The number of thiocarbonyl (C=S) groups is 1. The van der Waals surface area contributed by atoms with Crippen LogP contribution in [0.1, 0.15) is 17.2 Å². The van der Waals surface area contributed by atoms with Gasteiger partial charge in [0.2, 0.25) is 0 Å². The second-order valence-corrected chi connectivity index (χ2v) is 6.33. The summed E-state index contributed by atoms with van der Waals surface area (Å²) in [4.78, 5) is 24.9. The molecule has 1 aliphatic rings. The van der Waals surface area contributed by atoms with Crippen molar-refractivity contribution < 1.29 is 23.5 Å². The van der Waals surface area contributed by atoms with Crippen molar-refractivity contribution in [3.05, 3.63) is 71.0 Å². The number of Topliss-reactive ketones (excluding diaryl/α,β-unsaturated/α-hetero) is 1. The summed E-state index contributed by atoms with van der Waals surface area (Å²) in [5.41, 5.74) is 1.48. The maximum absolute atomic E-state index is 13.8. The quantitative estimate of drug-likeness (QED) is 0.454. The van der Waals surface area contributed by atoms with Gasteiger partial charge >= 0.3 is 5.97 Å². The molecule has 0 amide bonds. The number of methoxy groups -OCH3 is 2. The van der Waals surface area contributed by atoms with Crippen LogP contribution in [0.5, 0.6) is 5.75 Å². The lowest BCUT2D eigenvalue weighted by molar-refractivity contribution is -0.150. The number of ether oxygens (including phenoxy) is 2. The number of rotatable bonds is 5. The number of nitrogens with one attached hydrogen (secondary N) is 2. The van der Waals surface area contributed by atoms with Gasteiger partial charge in [0.05, 0.1) is 31.5 Å². The van der Waals surface area contributed by atoms with Crippen molar-refractivity contribution >= 4 is 34.8 Å². The molecule has 3 rings (SSSR count). The average Bonchev–Trinajstić information content (AvgIpc) is 2.72. The average molecular weight is 400 g/mol. The van der Waals surface area contributed by atoms with Crippen molar-refractivity contribution in [3.63, 3.8) is 0 Å². The first-order valence-electron chi connectivity index (χ1n) is 8.28. The topological polar surface area (TPSA) is 76.7 Å². The molecule has 2 aromatic rings. The molecule has 0 aliphatic carbocycles. The van der Waals surface area contributed by atoms with Crippen LogP contribution < -0.4 is 15.4 Å². The van der Waals surface area contributed by atoms with Gasteiger partial charge in [-0.1, -0.05) is 12.1 Å².